The summed E-state index contributed by atoms with van der Waals surface area (Å²) in [5.41, 5.74) is 0.904. The zero-order valence-corrected chi connectivity index (χ0v) is 11.6. The quantitative estimate of drug-likeness (QED) is 0.767. The number of rotatable bonds is 2. The van der Waals surface area contributed by atoms with Gasteiger partial charge in [-0.3, -0.25) is 0 Å². The summed E-state index contributed by atoms with van der Waals surface area (Å²) in [6.45, 7) is 5.17. The number of aliphatic hydroxyl groups is 2. The standard InChI is InChI=1S/C15H23NO3/c1-11(17)13-5-4-12(10-14(13)18)16-8-3-6-15(2,19)7-9-16/h4-5,10-11,17-19H,3,6-9H2,1-2H3. The van der Waals surface area contributed by atoms with Gasteiger partial charge in [-0.05, 0) is 39.2 Å². The molecule has 106 valence electrons. The van der Waals surface area contributed by atoms with Gasteiger partial charge in [-0.2, -0.15) is 0 Å². The molecule has 1 saturated heterocycles. The van der Waals surface area contributed by atoms with Crippen LogP contribution in [-0.2, 0) is 0 Å². The lowest BCUT2D eigenvalue weighted by molar-refractivity contribution is 0.0481. The van der Waals surface area contributed by atoms with Crippen LogP contribution in [0.5, 0.6) is 5.75 Å². The fourth-order valence-electron chi connectivity index (χ4n) is 2.60. The molecule has 1 heterocycles. The second-order valence-corrected chi connectivity index (χ2v) is 5.76. The number of benzene rings is 1. The van der Waals surface area contributed by atoms with E-state index in [1.165, 1.54) is 0 Å². The number of phenols is 1. The van der Waals surface area contributed by atoms with Crippen molar-refractivity contribution in [2.45, 2.75) is 44.8 Å². The number of phenolic OH excluding ortho intramolecular Hbond substituents is 1. The third kappa shape index (κ3) is 3.39. The largest absolute Gasteiger partial charge is 0.507 e. The molecule has 0 amide bonds. The SMILES string of the molecule is CC(O)c1ccc(N2CCCC(C)(O)CC2)cc1O. The predicted molar refractivity (Wildman–Crippen MR) is 75.4 cm³/mol. The van der Waals surface area contributed by atoms with Gasteiger partial charge in [0.05, 0.1) is 11.7 Å². The lowest BCUT2D eigenvalue weighted by atomic mass is 9.98. The van der Waals surface area contributed by atoms with Crippen molar-refractivity contribution in [2.75, 3.05) is 18.0 Å². The van der Waals surface area contributed by atoms with E-state index in [2.05, 4.69) is 4.90 Å². The third-order valence-corrected chi connectivity index (χ3v) is 3.89. The molecule has 1 aliphatic heterocycles. The molecule has 0 bridgehead atoms. The van der Waals surface area contributed by atoms with Gasteiger partial charge >= 0.3 is 0 Å². The Labute approximate surface area is 114 Å². The van der Waals surface area contributed by atoms with Gasteiger partial charge in [-0.15, -0.1) is 0 Å². The Hall–Kier alpha value is -1.26. The highest BCUT2D eigenvalue weighted by atomic mass is 16.3. The van der Waals surface area contributed by atoms with Crippen LogP contribution in [0.3, 0.4) is 0 Å². The summed E-state index contributed by atoms with van der Waals surface area (Å²) in [6, 6.07) is 5.38. The first-order valence-corrected chi connectivity index (χ1v) is 6.87. The van der Waals surface area contributed by atoms with Crippen molar-refractivity contribution in [1.29, 1.82) is 0 Å². The van der Waals surface area contributed by atoms with Gasteiger partial charge in [0, 0.05) is 30.4 Å². The van der Waals surface area contributed by atoms with Crippen LogP contribution in [0.2, 0.25) is 0 Å². The van der Waals surface area contributed by atoms with Crippen LogP contribution < -0.4 is 4.90 Å². The fraction of sp³-hybridized carbons (Fsp3) is 0.600. The molecule has 1 aromatic rings. The molecule has 0 saturated carbocycles. The molecule has 1 aromatic carbocycles. The maximum atomic E-state index is 10.1. The zero-order valence-electron chi connectivity index (χ0n) is 11.6. The highest BCUT2D eigenvalue weighted by molar-refractivity contribution is 5.54. The molecule has 0 aliphatic carbocycles. The summed E-state index contributed by atoms with van der Waals surface area (Å²) >= 11 is 0. The number of nitrogens with zero attached hydrogens (tertiary/aromatic N) is 1. The first kappa shape index (κ1) is 14.2. The molecule has 0 spiro atoms. The molecule has 1 aliphatic rings. The van der Waals surface area contributed by atoms with E-state index >= 15 is 0 Å². The van der Waals surface area contributed by atoms with Crippen molar-refractivity contribution >= 4 is 5.69 Å². The molecule has 4 nitrogen and oxygen atoms in total. The van der Waals surface area contributed by atoms with E-state index in [-0.39, 0.29) is 5.75 Å². The van der Waals surface area contributed by atoms with Gasteiger partial charge in [-0.1, -0.05) is 6.07 Å². The lowest BCUT2D eigenvalue weighted by Crippen LogP contribution is -2.28. The molecular formula is C15H23NO3. The molecule has 0 radical (unpaired) electrons. The number of anilines is 1. The summed E-state index contributed by atoms with van der Waals surface area (Å²) in [5, 5.41) is 29.5. The Morgan fingerprint density at radius 2 is 2.00 bits per heavy atom. The topological polar surface area (TPSA) is 63.9 Å². The van der Waals surface area contributed by atoms with Crippen LogP contribution in [0.25, 0.3) is 0 Å². The van der Waals surface area contributed by atoms with Crippen LogP contribution in [-0.4, -0.2) is 34.0 Å². The van der Waals surface area contributed by atoms with Crippen LogP contribution in [0.4, 0.5) is 5.69 Å². The molecule has 1 fully saturated rings. The van der Waals surface area contributed by atoms with Crippen molar-refractivity contribution in [3.63, 3.8) is 0 Å². The minimum atomic E-state index is -0.668. The van der Waals surface area contributed by atoms with Gasteiger partial charge in [0.25, 0.3) is 0 Å². The molecule has 2 unspecified atom stereocenters. The molecule has 2 rings (SSSR count). The Kier molecular flexibility index (Phi) is 4.02. The van der Waals surface area contributed by atoms with Crippen LogP contribution >= 0.6 is 0 Å². The average Bonchev–Trinajstić information content (AvgIpc) is 2.49. The van der Waals surface area contributed by atoms with Crippen LogP contribution in [0.1, 0.15) is 44.8 Å². The summed E-state index contributed by atoms with van der Waals surface area (Å²) in [7, 11) is 0. The Morgan fingerprint density at radius 3 is 2.63 bits per heavy atom. The van der Waals surface area contributed by atoms with Crippen molar-refractivity contribution in [3.8, 4) is 5.75 Å². The summed E-state index contributed by atoms with van der Waals surface area (Å²) in [5.74, 6) is 0.128. The van der Waals surface area contributed by atoms with Gasteiger partial charge in [-0.25, -0.2) is 0 Å². The van der Waals surface area contributed by atoms with Gasteiger partial charge in [0.2, 0.25) is 0 Å². The van der Waals surface area contributed by atoms with Crippen LogP contribution in [0, 0.1) is 0 Å². The van der Waals surface area contributed by atoms with Crippen molar-refractivity contribution in [2.24, 2.45) is 0 Å². The molecule has 19 heavy (non-hydrogen) atoms. The van der Waals surface area contributed by atoms with Gasteiger partial charge in [0.1, 0.15) is 5.75 Å². The van der Waals surface area contributed by atoms with E-state index in [4.69, 9.17) is 0 Å². The molecular weight excluding hydrogens is 242 g/mol. The third-order valence-electron chi connectivity index (χ3n) is 3.89. The average molecular weight is 265 g/mol. The maximum absolute atomic E-state index is 10.1. The first-order valence-electron chi connectivity index (χ1n) is 6.87. The van der Waals surface area contributed by atoms with E-state index in [1.54, 1.807) is 19.1 Å². The number of hydrogen-bond acceptors (Lipinski definition) is 4. The Bertz CT molecular complexity index is 443. The smallest absolute Gasteiger partial charge is 0.123 e. The summed E-state index contributed by atoms with van der Waals surface area (Å²) in [6.07, 6.45) is 1.80. The Balaban J connectivity index is 2.16. The predicted octanol–water partition coefficient (Wildman–Crippen LogP) is 2.19. The molecule has 2 atom stereocenters. The summed E-state index contributed by atoms with van der Waals surface area (Å²) < 4.78 is 0. The number of aliphatic hydroxyl groups excluding tert-OH is 1. The Morgan fingerprint density at radius 1 is 1.26 bits per heavy atom. The van der Waals surface area contributed by atoms with Gasteiger partial charge < -0.3 is 20.2 Å². The van der Waals surface area contributed by atoms with Crippen molar-refractivity contribution in [1.82, 2.24) is 0 Å². The summed E-state index contributed by atoms with van der Waals surface area (Å²) in [4.78, 5) is 2.17. The second-order valence-electron chi connectivity index (χ2n) is 5.76. The maximum Gasteiger partial charge on any atom is 0.123 e. The van der Waals surface area contributed by atoms with E-state index in [9.17, 15) is 15.3 Å². The molecule has 4 heteroatoms. The number of aromatic hydroxyl groups is 1. The minimum absolute atomic E-state index is 0.128. The van der Waals surface area contributed by atoms with Crippen molar-refractivity contribution < 1.29 is 15.3 Å². The molecule has 3 N–H and O–H groups in total. The fourth-order valence-corrected chi connectivity index (χ4v) is 2.60. The van der Waals surface area contributed by atoms with Gasteiger partial charge in [0.15, 0.2) is 0 Å². The number of hydrogen-bond donors (Lipinski definition) is 3. The van der Waals surface area contributed by atoms with E-state index in [0.29, 0.717) is 5.56 Å². The minimum Gasteiger partial charge on any atom is -0.507 e. The highest BCUT2D eigenvalue weighted by Gasteiger charge is 2.25. The monoisotopic (exact) mass is 265 g/mol. The zero-order chi connectivity index (χ0) is 14.0. The van der Waals surface area contributed by atoms with E-state index in [1.807, 2.05) is 13.0 Å². The van der Waals surface area contributed by atoms with E-state index < -0.39 is 11.7 Å². The molecule has 0 aromatic heterocycles. The lowest BCUT2D eigenvalue weighted by Gasteiger charge is -2.25. The van der Waals surface area contributed by atoms with E-state index in [0.717, 1.165) is 38.0 Å². The highest BCUT2D eigenvalue weighted by Crippen LogP contribution is 2.31. The van der Waals surface area contributed by atoms with Crippen molar-refractivity contribution in [3.05, 3.63) is 23.8 Å². The first-order chi connectivity index (χ1) is 8.89. The normalized spacial score (nSPS) is 26.0. The second kappa shape index (κ2) is 5.39. The van der Waals surface area contributed by atoms with Crippen LogP contribution in [0.15, 0.2) is 18.2 Å².